The van der Waals surface area contributed by atoms with E-state index in [1.54, 1.807) is 0 Å². The number of guanidine groups is 1. The van der Waals surface area contributed by atoms with Crippen LogP contribution in [0.3, 0.4) is 0 Å². The molecule has 0 unspecified atom stereocenters. The van der Waals surface area contributed by atoms with Gasteiger partial charge in [0.15, 0.2) is 11.8 Å². The summed E-state index contributed by atoms with van der Waals surface area (Å²) in [6.45, 7) is 8.27. The largest absolute Gasteiger partial charge is 0.357 e. The van der Waals surface area contributed by atoms with Gasteiger partial charge in [-0.05, 0) is 32.4 Å². The highest BCUT2D eigenvalue weighted by atomic mass is 127. The van der Waals surface area contributed by atoms with Gasteiger partial charge < -0.3 is 15.2 Å². The Morgan fingerprint density at radius 1 is 1.26 bits per heavy atom. The molecule has 2 aromatic rings. The predicted octanol–water partition coefficient (Wildman–Crippen LogP) is 2.92. The Morgan fingerprint density at radius 2 is 2.04 bits per heavy atom. The van der Waals surface area contributed by atoms with Crippen LogP contribution in [0.1, 0.15) is 35.3 Å². The highest BCUT2D eigenvalue weighted by Gasteiger charge is 2.04. The lowest BCUT2D eigenvalue weighted by Crippen LogP contribution is -2.38. The Hall–Kier alpha value is -1.16. The highest BCUT2D eigenvalue weighted by Crippen LogP contribution is 2.17. The molecule has 2 rings (SSSR count). The molecule has 128 valence electrons. The van der Waals surface area contributed by atoms with Crippen LogP contribution in [-0.4, -0.2) is 29.2 Å². The van der Waals surface area contributed by atoms with E-state index in [0.29, 0.717) is 31.2 Å². The number of hydrogen-bond donors (Lipinski definition) is 2. The summed E-state index contributed by atoms with van der Waals surface area (Å²) in [5, 5.41) is 10.3. The first-order valence-corrected chi connectivity index (χ1v) is 8.41. The predicted molar refractivity (Wildman–Crippen MR) is 105 cm³/mol. The van der Waals surface area contributed by atoms with Crippen LogP contribution in [0.25, 0.3) is 0 Å². The van der Waals surface area contributed by atoms with Gasteiger partial charge in [0, 0.05) is 29.3 Å². The first-order valence-electron chi connectivity index (χ1n) is 7.60. The maximum absolute atomic E-state index is 5.09. The SMILES string of the molecule is CCNC(=NCc1ccc(CC)s1)NCCc1nc(C)no1.I. The van der Waals surface area contributed by atoms with Crippen molar-refractivity contribution in [2.24, 2.45) is 4.99 Å². The third-order valence-corrected chi connectivity index (χ3v) is 4.22. The molecule has 23 heavy (non-hydrogen) atoms. The minimum Gasteiger partial charge on any atom is -0.357 e. The molecule has 0 aliphatic carbocycles. The zero-order valence-corrected chi connectivity index (χ0v) is 16.9. The molecule has 0 radical (unpaired) electrons. The van der Waals surface area contributed by atoms with Gasteiger partial charge in [-0.2, -0.15) is 4.98 Å². The normalized spacial score (nSPS) is 11.2. The van der Waals surface area contributed by atoms with Crippen molar-refractivity contribution in [3.05, 3.63) is 33.6 Å². The quantitative estimate of drug-likeness (QED) is 0.386. The first-order chi connectivity index (χ1) is 10.7. The van der Waals surface area contributed by atoms with E-state index >= 15 is 0 Å². The minimum absolute atomic E-state index is 0. The third kappa shape index (κ3) is 6.86. The molecule has 0 bridgehead atoms. The van der Waals surface area contributed by atoms with Crippen molar-refractivity contribution in [1.29, 1.82) is 0 Å². The third-order valence-electron chi connectivity index (χ3n) is 3.00. The number of aliphatic imine (C=N–C) groups is 1. The first kappa shape index (κ1) is 19.9. The van der Waals surface area contributed by atoms with Crippen LogP contribution in [0, 0.1) is 6.92 Å². The van der Waals surface area contributed by atoms with E-state index in [4.69, 9.17) is 4.52 Å². The number of rotatable bonds is 7. The summed E-state index contributed by atoms with van der Waals surface area (Å²) in [5.74, 6) is 2.12. The molecule has 2 N–H and O–H groups in total. The van der Waals surface area contributed by atoms with Gasteiger partial charge in [0.1, 0.15) is 0 Å². The molecule has 0 aromatic carbocycles. The zero-order chi connectivity index (χ0) is 15.8. The van der Waals surface area contributed by atoms with E-state index in [-0.39, 0.29) is 24.0 Å². The van der Waals surface area contributed by atoms with E-state index in [2.05, 4.69) is 51.7 Å². The second-order valence-corrected chi connectivity index (χ2v) is 6.08. The zero-order valence-electron chi connectivity index (χ0n) is 13.8. The van der Waals surface area contributed by atoms with Gasteiger partial charge in [-0.1, -0.05) is 12.1 Å². The molecule has 0 aliphatic heterocycles. The number of thiophene rings is 1. The van der Waals surface area contributed by atoms with Gasteiger partial charge in [0.25, 0.3) is 0 Å². The van der Waals surface area contributed by atoms with Crippen LogP contribution in [0.5, 0.6) is 0 Å². The van der Waals surface area contributed by atoms with E-state index in [1.165, 1.54) is 9.75 Å². The van der Waals surface area contributed by atoms with Crippen molar-refractivity contribution in [3.63, 3.8) is 0 Å². The number of nitrogens with one attached hydrogen (secondary N) is 2. The molecule has 0 fully saturated rings. The summed E-state index contributed by atoms with van der Waals surface area (Å²) < 4.78 is 5.09. The van der Waals surface area contributed by atoms with Crippen molar-refractivity contribution < 1.29 is 4.52 Å². The lowest BCUT2D eigenvalue weighted by Gasteiger charge is -2.09. The molecule has 2 heterocycles. The summed E-state index contributed by atoms with van der Waals surface area (Å²) in [4.78, 5) is 11.5. The van der Waals surface area contributed by atoms with Crippen LogP contribution in [0.15, 0.2) is 21.6 Å². The standard InChI is InChI=1S/C15H23N5OS.HI/c1-4-12-6-7-13(22-12)10-18-15(16-5-2)17-9-8-14-19-11(3)20-21-14;/h6-7H,4-5,8-10H2,1-3H3,(H2,16,17,18);1H. The lowest BCUT2D eigenvalue weighted by atomic mass is 10.4. The number of aromatic nitrogens is 2. The fraction of sp³-hybridized carbons (Fsp3) is 0.533. The van der Waals surface area contributed by atoms with E-state index in [0.717, 1.165) is 18.9 Å². The maximum atomic E-state index is 5.09. The Bertz CT molecular complexity index is 611. The highest BCUT2D eigenvalue weighted by molar-refractivity contribution is 14.0. The summed E-state index contributed by atoms with van der Waals surface area (Å²) in [5.41, 5.74) is 0. The lowest BCUT2D eigenvalue weighted by molar-refractivity contribution is 0.374. The Kier molecular flexibility index (Phi) is 9.15. The molecule has 0 saturated carbocycles. The summed E-state index contributed by atoms with van der Waals surface area (Å²) >= 11 is 1.82. The van der Waals surface area contributed by atoms with Crippen LogP contribution in [0.4, 0.5) is 0 Å². The molecule has 0 spiro atoms. The van der Waals surface area contributed by atoms with Crippen molar-refractivity contribution in [3.8, 4) is 0 Å². The van der Waals surface area contributed by atoms with E-state index in [9.17, 15) is 0 Å². The topological polar surface area (TPSA) is 75.3 Å². The van der Waals surface area contributed by atoms with Crippen LogP contribution < -0.4 is 10.6 Å². The molecular formula is C15H24IN5OS. The minimum atomic E-state index is 0. The van der Waals surface area contributed by atoms with Crippen LogP contribution >= 0.6 is 35.3 Å². The summed E-state index contributed by atoms with van der Waals surface area (Å²) in [7, 11) is 0. The fourth-order valence-electron chi connectivity index (χ4n) is 1.93. The van der Waals surface area contributed by atoms with Crippen LogP contribution in [-0.2, 0) is 19.4 Å². The van der Waals surface area contributed by atoms with Gasteiger partial charge in [0.05, 0.1) is 6.54 Å². The molecule has 6 nitrogen and oxygen atoms in total. The van der Waals surface area contributed by atoms with Crippen molar-refractivity contribution in [2.45, 2.75) is 40.2 Å². The van der Waals surface area contributed by atoms with Gasteiger partial charge in [-0.15, -0.1) is 35.3 Å². The second-order valence-electron chi connectivity index (χ2n) is 4.83. The summed E-state index contributed by atoms with van der Waals surface area (Å²) in [6, 6.07) is 4.32. The number of aryl methyl sites for hydroxylation is 2. The molecule has 0 amide bonds. The Morgan fingerprint density at radius 3 is 2.65 bits per heavy atom. The van der Waals surface area contributed by atoms with E-state index < -0.39 is 0 Å². The molecule has 0 atom stereocenters. The molecule has 0 saturated heterocycles. The van der Waals surface area contributed by atoms with Crippen molar-refractivity contribution >= 4 is 41.3 Å². The van der Waals surface area contributed by atoms with Crippen LogP contribution in [0.2, 0.25) is 0 Å². The van der Waals surface area contributed by atoms with E-state index in [1.807, 2.05) is 18.3 Å². The van der Waals surface area contributed by atoms with Gasteiger partial charge in [-0.3, -0.25) is 0 Å². The fourth-order valence-corrected chi connectivity index (χ4v) is 2.81. The van der Waals surface area contributed by atoms with Gasteiger partial charge in [0.2, 0.25) is 5.89 Å². The average molecular weight is 449 g/mol. The van der Waals surface area contributed by atoms with Crippen molar-refractivity contribution in [2.75, 3.05) is 13.1 Å². The second kappa shape index (κ2) is 10.6. The smallest absolute Gasteiger partial charge is 0.228 e. The monoisotopic (exact) mass is 449 g/mol. The number of hydrogen-bond acceptors (Lipinski definition) is 5. The molecule has 0 aliphatic rings. The summed E-state index contributed by atoms with van der Waals surface area (Å²) in [6.07, 6.45) is 1.76. The maximum Gasteiger partial charge on any atom is 0.228 e. The van der Waals surface area contributed by atoms with Gasteiger partial charge >= 0.3 is 0 Å². The average Bonchev–Trinajstić information content (AvgIpc) is 3.13. The molecular weight excluding hydrogens is 425 g/mol. The molecule has 8 heteroatoms. The Balaban J connectivity index is 0.00000264. The Labute approximate surface area is 158 Å². The van der Waals surface area contributed by atoms with Gasteiger partial charge in [-0.25, -0.2) is 4.99 Å². The number of nitrogens with zero attached hydrogens (tertiary/aromatic N) is 3. The number of halogens is 1. The molecule has 2 aromatic heterocycles. The van der Waals surface area contributed by atoms with Crippen molar-refractivity contribution in [1.82, 2.24) is 20.8 Å².